The number of aromatic nitrogens is 2. The molecule has 0 aliphatic carbocycles. The van der Waals surface area contributed by atoms with Gasteiger partial charge in [-0.05, 0) is 6.07 Å². The van der Waals surface area contributed by atoms with Gasteiger partial charge in [-0.25, -0.2) is 0 Å². The van der Waals surface area contributed by atoms with Crippen LogP contribution >= 0.6 is 11.6 Å². The predicted molar refractivity (Wildman–Crippen MR) is 71.9 cm³/mol. The number of benzene rings is 1. The average molecular weight is 281 g/mol. The van der Waals surface area contributed by atoms with Gasteiger partial charge >= 0.3 is 0 Å². The number of phenols is 1. The molecule has 1 amide bonds. The number of carbonyl (C=O) groups excluding carboxylic acids is 1. The molecular weight excluding hydrogens is 268 g/mol. The number of halogens is 1. The third kappa shape index (κ3) is 3.38. The summed E-state index contributed by atoms with van der Waals surface area (Å²) in [5, 5.41) is 17.1. The van der Waals surface area contributed by atoms with Gasteiger partial charge < -0.3 is 16.2 Å². The Kier molecular flexibility index (Phi) is 3.91. The van der Waals surface area contributed by atoms with Crippen LogP contribution in [0.25, 0.3) is 0 Å². The van der Waals surface area contributed by atoms with E-state index in [4.69, 9.17) is 17.3 Å². The monoisotopic (exact) mass is 280 g/mol. The van der Waals surface area contributed by atoms with Crippen molar-refractivity contribution in [3.05, 3.63) is 41.2 Å². The van der Waals surface area contributed by atoms with E-state index in [1.807, 2.05) is 0 Å². The van der Waals surface area contributed by atoms with Crippen molar-refractivity contribution in [2.45, 2.75) is 13.1 Å². The van der Waals surface area contributed by atoms with Crippen molar-refractivity contribution in [2.24, 2.45) is 5.73 Å². The molecule has 0 aliphatic heterocycles. The van der Waals surface area contributed by atoms with Gasteiger partial charge in [-0.1, -0.05) is 23.7 Å². The maximum absolute atomic E-state index is 10.7. The normalized spacial score (nSPS) is 10.4. The van der Waals surface area contributed by atoms with Crippen molar-refractivity contribution in [3.63, 3.8) is 0 Å². The first kappa shape index (κ1) is 13.2. The number of anilines is 1. The van der Waals surface area contributed by atoms with Gasteiger partial charge in [-0.3, -0.25) is 9.48 Å². The number of amides is 1. The van der Waals surface area contributed by atoms with Crippen molar-refractivity contribution in [1.82, 2.24) is 9.78 Å². The van der Waals surface area contributed by atoms with Crippen LogP contribution in [-0.2, 0) is 17.9 Å². The Morgan fingerprint density at radius 2 is 2.32 bits per heavy atom. The Hall–Kier alpha value is -2.21. The van der Waals surface area contributed by atoms with Gasteiger partial charge in [0.05, 0.1) is 16.9 Å². The molecule has 0 radical (unpaired) electrons. The molecule has 0 bridgehead atoms. The highest BCUT2D eigenvalue weighted by Crippen LogP contribution is 2.27. The molecule has 0 atom stereocenters. The number of para-hydroxylation sites is 1. The second kappa shape index (κ2) is 5.62. The van der Waals surface area contributed by atoms with Crippen molar-refractivity contribution in [2.75, 3.05) is 5.32 Å². The summed E-state index contributed by atoms with van der Waals surface area (Å²) in [7, 11) is 0. The number of primary amides is 1. The van der Waals surface area contributed by atoms with E-state index in [1.54, 1.807) is 30.6 Å². The summed E-state index contributed by atoms with van der Waals surface area (Å²) in [6, 6.07) is 5.14. The smallest absolute Gasteiger partial charge is 0.239 e. The Labute approximate surface area is 114 Å². The summed E-state index contributed by atoms with van der Waals surface area (Å²) in [5.41, 5.74) is 6.47. The molecule has 0 fully saturated rings. The van der Waals surface area contributed by atoms with E-state index in [9.17, 15) is 9.90 Å². The number of nitrogens with two attached hydrogens (primary N) is 1. The zero-order chi connectivity index (χ0) is 13.8. The molecule has 7 heteroatoms. The molecule has 0 aliphatic rings. The van der Waals surface area contributed by atoms with E-state index in [0.29, 0.717) is 17.1 Å². The maximum atomic E-state index is 10.7. The van der Waals surface area contributed by atoms with Crippen LogP contribution in [0.4, 0.5) is 5.69 Å². The van der Waals surface area contributed by atoms with Crippen molar-refractivity contribution >= 4 is 23.2 Å². The predicted octanol–water partition coefficient (Wildman–Crippen LogP) is 1.34. The zero-order valence-corrected chi connectivity index (χ0v) is 10.8. The van der Waals surface area contributed by atoms with Crippen LogP contribution in [0.15, 0.2) is 30.6 Å². The lowest BCUT2D eigenvalue weighted by Gasteiger charge is -2.07. The highest BCUT2D eigenvalue weighted by atomic mass is 35.5. The van der Waals surface area contributed by atoms with Crippen molar-refractivity contribution in [3.8, 4) is 5.75 Å². The lowest BCUT2D eigenvalue weighted by molar-refractivity contribution is -0.118. The number of hydrogen-bond acceptors (Lipinski definition) is 4. The first-order valence-electron chi connectivity index (χ1n) is 5.57. The first-order valence-corrected chi connectivity index (χ1v) is 5.95. The van der Waals surface area contributed by atoms with Crippen LogP contribution in [0.5, 0.6) is 5.75 Å². The molecule has 0 spiro atoms. The number of nitrogens with zero attached hydrogens (tertiary/aromatic N) is 2. The Balaban J connectivity index is 2.00. The summed E-state index contributed by atoms with van der Waals surface area (Å²) in [5.74, 6) is -0.400. The third-order valence-electron chi connectivity index (χ3n) is 2.50. The van der Waals surface area contributed by atoms with Gasteiger partial charge in [0.1, 0.15) is 12.3 Å². The molecule has 100 valence electrons. The topological polar surface area (TPSA) is 93.2 Å². The average Bonchev–Trinajstić information content (AvgIpc) is 2.78. The highest BCUT2D eigenvalue weighted by Gasteiger charge is 2.06. The number of rotatable bonds is 5. The minimum absolute atomic E-state index is 0.0318. The van der Waals surface area contributed by atoms with Gasteiger partial charge in [-0.15, -0.1) is 0 Å². The molecule has 0 unspecified atom stereocenters. The van der Waals surface area contributed by atoms with Gasteiger partial charge in [-0.2, -0.15) is 5.10 Å². The molecule has 4 N–H and O–H groups in total. The molecule has 1 aromatic heterocycles. The van der Waals surface area contributed by atoms with Gasteiger partial charge in [0.15, 0.2) is 0 Å². The zero-order valence-electron chi connectivity index (χ0n) is 10.0. The molecule has 6 nitrogen and oxygen atoms in total. The summed E-state index contributed by atoms with van der Waals surface area (Å²) in [6.07, 6.45) is 3.23. The highest BCUT2D eigenvalue weighted by molar-refractivity contribution is 6.32. The van der Waals surface area contributed by atoms with Crippen molar-refractivity contribution in [1.29, 1.82) is 0 Å². The number of carbonyl (C=O) groups is 1. The largest absolute Gasteiger partial charge is 0.506 e. The quantitative estimate of drug-likeness (QED) is 0.770. The molecule has 0 saturated heterocycles. The molecular formula is C12H13ClN4O2. The number of hydrogen-bond donors (Lipinski definition) is 3. The molecule has 2 aromatic rings. The van der Waals surface area contributed by atoms with E-state index < -0.39 is 5.91 Å². The fourth-order valence-corrected chi connectivity index (χ4v) is 1.80. The molecule has 1 heterocycles. The maximum Gasteiger partial charge on any atom is 0.239 e. The lowest BCUT2D eigenvalue weighted by Crippen LogP contribution is -2.18. The van der Waals surface area contributed by atoms with Gasteiger partial charge in [0.2, 0.25) is 5.91 Å². The molecule has 0 saturated carbocycles. The Bertz CT molecular complexity index is 597. The first-order chi connectivity index (χ1) is 9.06. The van der Waals surface area contributed by atoms with Crippen LogP contribution < -0.4 is 11.1 Å². The van der Waals surface area contributed by atoms with Crippen LogP contribution in [-0.4, -0.2) is 20.8 Å². The van der Waals surface area contributed by atoms with Crippen LogP contribution in [0, 0.1) is 0 Å². The summed E-state index contributed by atoms with van der Waals surface area (Å²) in [4.78, 5) is 10.7. The van der Waals surface area contributed by atoms with E-state index in [-0.39, 0.29) is 12.3 Å². The van der Waals surface area contributed by atoms with Crippen LogP contribution in [0.2, 0.25) is 5.02 Å². The van der Waals surface area contributed by atoms with E-state index in [2.05, 4.69) is 10.4 Å². The van der Waals surface area contributed by atoms with Gasteiger partial charge in [0, 0.05) is 18.3 Å². The molecule has 2 rings (SSSR count). The summed E-state index contributed by atoms with van der Waals surface area (Å²) < 4.78 is 1.43. The molecule has 1 aromatic carbocycles. The van der Waals surface area contributed by atoms with Crippen LogP contribution in [0.1, 0.15) is 5.56 Å². The van der Waals surface area contributed by atoms with E-state index >= 15 is 0 Å². The minimum Gasteiger partial charge on any atom is -0.506 e. The number of phenolic OH excluding ortho intramolecular Hbond substituents is 1. The summed E-state index contributed by atoms with van der Waals surface area (Å²) >= 11 is 5.81. The number of aromatic hydroxyl groups is 1. The van der Waals surface area contributed by atoms with Gasteiger partial charge in [0.25, 0.3) is 0 Å². The number of nitrogens with one attached hydrogen (secondary N) is 1. The standard InChI is InChI=1S/C12H13ClN4O2/c13-10-3-1-2-8(12(10)19)4-15-9-5-16-17(6-9)7-11(14)18/h1-3,5-6,15,19H,4,7H2,(H2,14,18). The van der Waals surface area contributed by atoms with E-state index in [0.717, 1.165) is 5.69 Å². The third-order valence-corrected chi connectivity index (χ3v) is 2.81. The van der Waals surface area contributed by atoms with Crippen molar-refractivity contribution < 1.29 is 9.90 Å². The second-order valence-electron chi connectivity index (χ2n) is 3.99. The minimum atomic E-state index is -0.456. The fraction of sp³-hybridized carbons (Fsp3) is 0.167. The Morgan fingerprint density at radius 3 is 3.05 bits per heavy atom. The van der Waals surface area contributed by atoms with Crippen LogP contribution in [0.3, 0.4) is 0 Å². The fourth-order valence-electron chi connectivity index (χ4n) is 1.60. The lowest BCUT2D eigenvalue weighted by atomic mass is 10.2. The second-order valence-corrected chi connectivity index (χ2v) is 4.40. The Morgan fingerprint density at radius 1 is 1.53 bits per heavy atom. The molecule has 19 heavy (non-hydrogen) atoms. The summed E-state index contributed by atoms with van der Waals surface area (Å²) in [6.45, 7) is 0.429. The SMILES string of the molecule is NC(=O)Cn1cc(NCc2cccc(Cl)c2O)cn1. The van der Waals surface area contributed by atoms with E-state index in [1.165, 1.54) is 4.68 Å².